The molecular formula is C28H32BrN3O4S. The van der Waals surface area contributed by atoms with Crippen LogP contribution in [0.2, 0.25) is 0 Å². The molecule has 0 bridgehead atoms. The van der Waals surface area contributed by atoms with E-state index in [0.717, 1.165) is 20.8 Å². The van der Waals surface area contributed by atoms with E-state index in [1.807, 2.05) is 37.3 Å². The summed E-state index contributed by atoms with van der Waals surface area (Å²) in [4.78, 5) is 28.2. The highest BCUT2D eigenvalue weighted by atomic mass is 79.9. The van der Waals surface area contributed by atoms with E-state index in [4.69, 9.17) is 0 Å². The van der Waals surface area contributed by atoms with E-state index in [2.05, 4.69) is 21.2 Å². The van der Waals surface area contributed by atoms with Crippen LogP contribution in [0.15, 0.2) is 88.2 Å². The zero-order valence-electron chi connectivity index (χ0n) is 21.2. The largest absolute Gasteiger partial charge is 0.354 e. The fourth-order valence-corrected chi connectivity index (χ4v) is 5.61. The van der Waals surface area contributed by atoms with Gasteiger partial charge in [-0.15, -0.1) is 0 Å². The summed E-state index contributed by atoms with van der Waals surface area (Å²) in [5, 5.41) is 2.84. The molecular weight excluding hydrogens is 554 g/mol. The van der Waals surface area contributed by atoms with Crippen LogP contribution in [0.1, 0.15) is 31.4 Å². The Morgan fingerprint density at radius 3 is 2.19 bits per heavy atom. The molecule has 0 aromatic heterocycles. The van der Waals surface area contributed by atoms with Gasteiger partial charge in [0.2, 0.25) is 11.8 Å². The molecule has 1 unspecified atom stereocenters. The lowest BCUT2D eigenvalue weighted by atomic mass is 10.1. The van der Waals surface area contributed by atoms with Gasteiger partial charge < -0.3 is 10.2 Å². The van der Waals surface area contributed by atoms with Gasteiger partial charge in [-0.2, -0.15) is 0 Å². The lowest BCUT2D eigenvalue weighted by Crippen LogP contribution is -2.51. The van der Waals surface area contributed by atoms with Crippen LogP contribution in [0.25, 0.3) is 0 Å². The molecule has 0 saturated carbocycles. The van der Waals surface area contributed by atoms with Crippen molar-refractivity contribution in [3.8, 4) is 0 Å². The van der Waals surface area contributed by atoms with Gasteiger partial charge in [0.05, 0.1) is 10.6 Å². The number of amides is 2. The third kappa shape index (κ3) is 7.20. The minimum atomic E-state index is -4.06. The molecule has 0 aliphatic heterocycles. The molecule has 9 heteroatoms. The Morgan fingerprint density at radius 2 is 1.57 bits per heavy atom. The van der Waals surface area contributed by atoms with Gasteiger partial charge in [0, 0.05) is 17.6 Å². The van der Waals surface area contributed by atoms with Crippen molar-refractivity contribution >= 4 is 43.5 Å². The highest BCUT2D eigenvalue weighted by Crippen LogP contribution is 2.27. The molecule has 7 nitrogen and oxygen atoms in total. The minimum absolute atomic E-state index is 0.0826. The van der Waals surface area contributed by atoms with Crippen molar-refractivity contribution in [3.05, 3.63) is 94.5 Å². The molecule has 0 spiro atoms. The number of hydrogen-bond acceptors (Lipinski definition) is 4. The van der Waals surface area contributed by atoms with Crippen molar-refractivity contribution in [1.82, 2.24) is 10.2 Å². The smallest absolute Gasteiger partial charge is 0.264 e. The van der Waals surface area contributed by atoms with Crippen molar-refractivity contribution in [3.63, 3.8) is 0 Å². The Hall–Kier alpha value is -3.17. The summed E-state index contributed by atoms with van der Waals surface area (Å²) < 4.78 is 29.5. The summed E-state index contributed by atoms with van der Waals surface area (Å²) in [6, 6.07) is 21.7. The van der Waals surface area contributed by atoms with Crippen molar-refractivity contribution in [2.75, 3.05) is 17.4 Å². The van der Waals surface area contributed by atoms with Crippen molar-refractivity contribution < 1.29 is 18.0 Å². The second-order valence-electron chi connectivity index (χ2n) is 8.73. The number of sulfonamides is 1. The lowest BCUT2D eigenvalue weighted by molar-refractivity contribution is -0.139. The number of aryl methyl sites for hydroxylation is 1. The molecule has 37 heavy (non-hydrogen) atoms. The molecule has 1 atom stereocenters. The van der Waals surface area contributed by atoms with Gasteiger partial charge >= 0.3 is 0 Å². The van der Waals surface area contributed by atoms with Crippen LogP contribution in [0.3, 0.4) is 0 Å². The number of benzene rings is 3. The predicted molar refractivity (Wildman–Crippen MR) is 150 cm³/mol. The molecule has 196 valence electrons. The summed E-state index contributed by atoms with van der Waals surface area (Å²) in [6.45, 7) is 5.59. The Bertz CT molecular complexity index is 1310. The maximum Gasteiger partial charge on any atom is 0.264 e. The highest BCUT2D eigenvalue weighted by molar-refractivity contribution is 9.10. The molecule has 0 radical (unpaired) electrons. The fourth-order valence-electron chi connectivity index (χ4n) is 3.84. The summed E-state index contributed by atoms with van der Waals surface area (Å²) in [6.07, 6.45) is 0.759. The van der Waals surface area contributed by atoms with Gasteiger partial charge in [0.25, 0.3) is 10.0 Å². The average molecular weight is 587 g/mol. The van der Waals surface area contributed by atoms with Crippen molar-refractivity contribution in [2.24, 2.45) is 0 Å². The van der Waals surface area contributed by atoms with Crippen LogP contribution < -0.4 is 9.62 Å². The normalized spacial score (nSPS) is 12.0. The molecule has 3 aromatic carbocycles. The number of anilines is 1. The second-order valence-corrected chi connectivity index (χ2v) is 11.5. The molecule has 2 amide bonds. The van der Waals surface area contributed by atoms with Crippen LogP contribution in [0, 0.1) is 6.92 Å². The minimum Gasteiger partial charge on any atom is -0.354 e. The number of rotatable bonds is 11. The molecule has 0 saturated heterocycles. The zero-order chi connectivity index (χ0) is 27.0. The number of carbonyl (C=O) groups is 2. The molecule has 0 aliphatic rings. The van der Waals surface area contributed by atoms with Gasteiger partial charge in [-0.1, -0.05) is 71.4 Å². The molecule has 0 fully saturated rings. The maximum atomic E-state index is 13.8. The molecule has 1 N–H and O–H groups in total. The molecule has 3 aromatic rings. The van der Waals surface area contributed by atoms with Crippen molar-refractivity contribution in [1.29, 1.82) is 0 Å². The van der Waals surface area contributed by atoms with Gasteiger partial charge in [0.1, 0.15) is 12.6 Å². The van der Waals surface area contributed by atoms with Gasteiger partial charge in [-0.3, -0.25) is 13.9 Å². The third-order valence-electron chi connectivity index (χ3n) is 5.98. The quantitative estimate of drug-likeness (QED) is 0.347. The van der Waals surface area contributed by atoms with E-state index in [9.17, 15) is 18.0 Å². The van der Waals surface area contributed by atoms with Gasteiger partial charge in [-0.05, 0) is 61.7 Å². The van der Waals surface area contributed by atoms with E-state index in [1.54, 1.807) is 50.2 Å². The Morgan fingerprint density at radius 1 is 0.946 bits per heavy atom. The Kier molecular flexibility index (Phi) is 9.88. The van der Waals surface area contributed by atoms with Crippen LogP contribution in [0.5, 0.6) is 0 Å². The fraction of sp³-hybridized carbons (Fsp3) is 0.286. The van der Waals surface area contributed by atoms with E-state index >= 15 is 0 Å². The first-order valence-electron chi connectivity index (χ1n) is 12.1. The van der Waals surface area contributed by atoms with Crippen LogP contribution in [0.4, 0.5) is 5.69 Å². The topological polar surface area (TPSA) is 86.8 Å². The number of carbonyl (C=O) groups excluding carboxylic acids is 2. The van der Waals surface area contributed by atoms with Gasteiger partial charge in [-0.25, -0.2) is 8.42 Å². The Labute approximate surface area is 227 Å². The molecule has 3 rings (SSSR count). The molecule has 0 heterocycles. The predicted octanol–water partition coefficient (Wildman–Crippen LogP) is 4.90. The SMILES string of the molecule is CCCNC(=O)C(C)N(Cc1ccc(Br)cc1)C(=O)CN(c1ccccc1C)S(=O)(=O)c1ccccc1. The van der Waals surface area contributed by atoms with Crippen LogP contribution in [-0.4, -0.2) is 44.3 Å². The number of halogens is 1. The number of nitrogens with one attached hydrogen (secondary N) is 1. The summed E-state index contributed by atoms with van der Waals surface area (Å²) in [7, 11) is -4.06. The average Bonchev–Trinajstić information content (AvgIpc) is 2.90. The second kappa shape index (κ2) is 12.9. The number of para-hydroxylation sites is 1. The van der Waals surface area contributed by atoms with Crippen LogP contribution >= 0.6 is 15.9 Å². The number of hydrogen-bond donors (Lipinski definition) is 1. The zero-order valence-corrected chi connectivity index (χ0v) is 23.6. The first-order valence-corrected chi connectivity index (χ1v) is 14.3. The number of nitrogens with zero attached hydrogens (tertiary/aromatic N) is 2. The Balaban J connectivity index is 2.01. The van der Waals surface area contributed by atoms with E-state index < -0.39 is 28.5 Å². The van der Waals surface area contributed by atoms with E-state index in [-0.39, 0.29) is 17.3 Å². The summed E-state index contributed by atoms with van der Waals surface area (Å²) in [5.74, 6) is -0.773. The summed E-state index contributed by atoms with van der Waals surface area (Å²) >= 11 is 3.41. The van der Waals surface area contributed by atoms with E-state index in [0.29, 0.717) is 17.8 Å². The summed E-state index contributed by atoms with van der Waals surface area (Å²) in [5.41, 5.74) is 1.94. The van der Waals surface area contributed by atoms with E-state index in [1.165, 1.54) is 17.0 Å². The molecule has 0 aliphatic carbocycles. The first-order chi connectivity index (χ1) is 17.6. The lowest BCUT2D eigenvalue weighted by Gasteiger charge is -2.32. The van der Waals surface area contributed by atoms with Gasteiger partial charge in [0.15, 0.2) is 0 Å². The maximum absolute atomic E-state index is 13.8. The third-order valence-corrected chi connectivity index (χ3v) is 8.28. The van der Waals surface area contributed by atoms with Crippen molar-refractivity contribution in [2.45, 2.75) is 44.7 Å². The monoisotopic (exact) mass is 585 g/mol. The standard InChI is InChI=1S/C28H32BrN3O4S/c1-4-18-30-28(34)22(3)31(19-23-14-16-24(29)17-15-23)27(33)20-32(26-13-9-8-10-21(26)2)37(35,36)25-11-6-5-7-12-25/h5-17,22H,4,18-20H2,1-3H3,(H,30,34). The highest BCUT2D eigenvalue weighted by Gasteiger charge is 2.32. The van der Waals surface area contributed by atoms with Crippen LogP contribution in [-0.2, 0) is 26.2 Å². The first kappa shape index (κ1) is 28.4.